The third-order valence-corrected chi connectivity index (χ3v) is 3.24. The van der Waals surface area contributed by atoms with E-state index in [1.807, 2.05) is 30.3 Å². The highest BCUT2D eigenvalue weighted by Crippen LogP contribution is 2.15. The first kappa shape index (κ1) is 16.2. The number of amides is 1. The van der Waals surface area contributed by atoms with Gasteiger partial charge in [0.1, 0.15) is 0 Å². The average molecular weight is 304 g/mol. The van der Waals surface area contributed by atoms with Crippen LogP contribution < -0.4 is 5.32 Å². The van der Waals surface area contributed by atoms with Crippen molar-refractivity contribution >= 4 is 22.7 Å². The summed E-state index contributed by atoms with van der Waals surface area (Å²) in [5.41, 5.74) is 0.852. The number of hydrogen-bond donors (Lipinski definition) is 2. The van der Waals surface area contributed by atoms with Crippen LogP contribution in [0.2, 0.25) is 0 Å². The number of carbonyl (C=O) groups excluding carboxylic acids is 2. The number of nitrogens with one attached hydrogen (secondary N) is 1. The van der Waals surface area contributed by atoms with Crippen molar-refractivity contribution in [1.29, 1.82) is 0 Å². The van der Waals surface area contributed by atoms with Crippen molar-refractivity contribution in [3.8, 4) is 0 Å². The van der Waals surface area contributed by atoms with E-state index in [0.717, 1.165) is 10.9 Å². The molecule has 0 saturated carbocycles. The normalized spacial score (nSPS) is 10.8. The van der Waals surface area contributed by atoms with E-state index < -0.39 is 0 Å². The fourth-order valence-corrected chi connectivity index (χ4v) is 2.16. The summed E-state index contributed by atoms with van der Waals surface area (Å²) >= 11 is 0. The molecule has 0 radical (unpaired) electrons. The summed E-state index contributed by atoms with van der Waals surface area (Å²) in [5, 5.41) is 12.2. The fraction of sp³-hybridized carbons (Fsp3) is 0.375. The van der Waals surface area contributed by atoms with Gasteiger partial charge in [-0.15, -0.1) is 0 Å². The van der Waals surface area contributed by atoms with Gasteiger partial charge in [0, 0.05) is 31.0 Å². The highest BCUT2D eigenvalue weighted by molar-refractivity contribution is 5.93. The van der Waals surface area contributed by atoms with E-state index in [-0.39, 0.29) is 37.9 Å². The Morgan fingerprint density at radius 3 is 2.77 bits per heavy atom. The molecule has 1 aromatic carbocycles. The lowest BCUT2D eigenvalue weighted by Gasteiger charge is -2.06. The van der Waals surface area contributed by atoms with Gasteiger partial charge in [-0.05, 0) is 12.1 Å². The minimum Gasteiger partial charge on any atom is -0.394 e. The standard InChI is InChI=1S/C16H20N2O4/c19-10-12-22-11-8-17-15(20)5-6-16(21)18-9-7-13-3-1-2-4-14(13)18/h1-4,7,9,19H,5-6,8,10-12H2,(H,17,20). The third kappa shape index (κ3) is 4.41. The van der Waals surface area contributed by atoms with E-state index in [4.69, 9.17) is 9.84 Å². The number of fused-ring (bicyclic) bond motifs is 1. The molecule has 22 heavy (non-hydrogen) atoms. The third-order valence-electron chi connectivity index (χ3n) is 3.24. The Hall–Kier alpha value is -2.18. The number of carbonyl (C=O) groups is 2. The lowest BCUT2D eigenvalue weighted by Crippen LogP contribution is -2.28. The molecule has 2 aromatic rings. The van der Waals surface area contributed by atoms with Crippen LogP contribution in [0.4, 0.5) is 0 Å². The van der Waals surface area contributed by atoms with E-state index in [1.165, 1.54) is 0 Å². The first-order valence-corrected chi connectivity index (χ1v) is 7.27. The number of ether oxygens (including phenoxy) is 1. The van der Waals surface area contributed by atoms with Gasteiger partial charge in [0.05, 0.1) is 25.3 Å². The van der Waals surface area contributed by atoms with Crippen molar-refractivity contribution in [2.24, 2.45) is 0 Å². The van der Waals surface area contributed by atoms with Crippen molar-refractivity contribution in [2.45, 2.75) is 12.8 Å². The molecule has 1 aromatic heterocycles. The van der Waals surface area contributed by atoms with E-state index in [1.54, 1.807) is 10.8 Å². The number of aromatic nitrogens is 1. The highest BCUT2D eigenvalue weighted by atomic mass is 16.5. The van der Waals surface area contributed by atoms with Crippen molar-refractivity contribution < 1.29 is 19.4 Å². The predicted octanol–water partition coefficient (Wildman–Crippen LogP) is 1.19. The molecule has 0 unspecified atom stereocenters. The Morgan fingerprint density at radius 1 is 1.14 bits per heavy atom. The first-order valence-electron chi connectivity index (χ1n) is 7.27. The molecule has 0 saturated heterocycles. The zero-order chi connectivity index (χ0) is 15.8. The van der Waals surface area contributed by atoms with E-state index in [2.05, 4.69) is 5.32 Å². The number of benzene rings is 1. The molecule has 1 heterocycles. The van der Waals surface area contributed by atoms with Gasteiger partial charge >= 0.3 is 0 Å². The first-order chi connectivity index (χ1) is 10.7. The SMILES string of the molecule is O=C(CCC(=O)n1ccc2ccccc21)NCCOCCO. The number of rotatable bonds is 8. The van der Waals surface area contributed by atoms with Crippen LogP contribution in [0.1, 0.15) is 17.6 Å². The van der Waals surface area contributed by atoms with Crippen LogP contribution in [-0.2, 0) is 9.53 Å². The van der Waals surface area contributed by atoms with Gasteiger partial charge in [0.2, 0.25) is 11.8 Å². The van der Waals surface area contributed by atoms with Gasteiger partial charge in [-0.25, -0.2) is 0 Å². The van der Waals surface area contributed by atoms with Crippen LogP contribution in [0.5, 0.6) is 0 Å². The van der Waals surface area contributed by atoms with E-state index >= 15 is 0 Å². The zero-order valence-corrected chi connectivity index (χ0v) is 12.3. The predicted molar refractivity (Wildman–Crippen MR) is 82.7 cm³/mol. The maximum atomic E-state index is 12.2. The maximum Gasteiger partial charge on any atom is 0.231 e. The number of hydrogen-bond acceptors (Lipinski definition) is 4. The molecule has 0 aliphatic rings. The summed E-state index contributed by atoms with van der Waals surface area (Å²) in [6, 6.07) is 9.50. The molecule has 2 rings (SSSR count). The second-order valence-electron chi connectivity index (χ2n) is 4.82. The second kappa shape index (κ2) is 8.31. The minimum atomic E-state index is -0.183. The molecule has 1 amide bonds. The molecule has 0 fully saturated rings. The van der Waals surface area contributed by atoms with Crippen molar-refractivity contribution in [2.75, 3.05) is 26.4 Å². The van der Waals surface area contributed by atoms with Crippen LogP contribution >= 0.6 is 0 Å². The molecule has 0 bridgehead atoms. The molecule has 0 atom stereocenters. The molecule has 2 N–H and O–H groups in total. The van der Waals surface area contributed by atoms with Gasteiger partial charge in [-0.3, -0.25) is 14.2 Å². The number of aliphatic hydroxyl groups is 1. The minimum absolute atomic E-state index is 0.0344. The fourth-order valence-electron chi connectivity index (χ4n) is 2.16. The smallest absolute Gasteiger partial charge is 0.231 e. The van der Waals surface area contributed by atoms with Crippen LogP contribution in [0, 0.1) is 0 Å². The van der Waals surface area contributed by atoms with E-state index in [9.17, 15) is 9.59 Å². The molecule has 0 aliphatic carbocycles. The second-order valence-corrected chi connectivity index (χ2v) is 4.82. The molecule has 0 aliphatic heterocycles. The zero-order valence-electron chi connectivity index (χ0n) is 12.3. The van der Waals surface area contributed by atoms with Crippen molar-refractivity contribution in [3.05, 3.63) is 36.5 Å². The van der Waals surface area contributed by atoms with Crippen molar-refractivity contribution in [1.82, 2.24) is 9.88 Å². The summed E-state index contributed by atoms with van der Waals surface area (Å²) in [6.45, 7) is 0.949. The highest BCUT2D eigenvalue weighted by Gasteiger charge is 2.10. The summed E-state index contributed by atoms with van der Waals surface area (Å²) in [6.07, 6.45) is 2.03. The largest absolute Gasteiger partial charge is 0.394 e. The van der Waals surface area contributed by atoms with Crippen LogP contribution in [0.15, 0.2) is 36.5 Å². The molecule has 6 heteroatoms. The van der Waals surface area contributed by atoms with Gasteiger partial charge < -0.3 is 15.2 Å². The van der Waals surface area contributed by atoms with Crippen molar-refractivity contribution in [3.63, 3.8) is 0 Å². The lowest BCUT2D eigenvalue weighted by atomic mass is 10.2. The quantitative estimate of drug-likeness (QED) is 0.718. The van der Waals surface area contributed by atoms with Gasteiger partial charge in [0.25, 0.3) is 0 Å². The maximum absolute atomic E-state index is 12.2. The Labute approximate surface area is 128 Å². The van der Waals surface area contributed by atoms with Gasteiger partial charge in [-0.1, -0.05) is 18.2 Å². The molecular formula is C16H20N2O4. The Balaban J connectivity index is 1.77. The summed E-state index contributed by atoms with van der Waals surface area (Å²) in [5.74, 6) is -0.287. The molecule has 0 spiro atoms. The number of nitrogens with zero attached hydrogens (tertiary/aromatic N) is 1. The topological polar surface area (TPSA) is 80.6 Å². The molecular weight excluding hydrogens is 284 g/mol. The number of para-hydroxylation sites is 1. The molecule has 6 nitrogen and oxygen atoms in total. The summed E-state index contributed by atoms with van der Waals surface area (Å²) in [7, 11) is 0. The van der Waals surface area contributed by atoms with E-state index in [0.29, 0.717) is 13.2 Å². The Kier molecular flexibility index (Phi) is 6.12. The van der Waals surface area contributed by atoms with Gasteiger partial charge in [0.15, 0.2) is 0 Å². The Morgan fingerprint density at radius 2 is 1.95 bits per heavy atom. The lowest BCUT2D eigenvalue weighted by molar-refractivity contribution is -0.121. The summed E-state index contributed by atoms with van der Waals surface area (Å²) < 4.78 is 6.61. The summed E-state index contributed by atoms with van der Waals surface area (Å²) in [4.78, 5) is 23.8. The van der Waals surface area contributed by atoms with Gasteiger partial charge in [-0.2, -0.15) is 0 Å². The Bertz CT molecular complexity index is 636. The monoisotopic (exact) mass is 304 g/mol. The molecule has 118 valence electrons. The van der Waals surface area contributed by atoms with Crippen LogP contribution in [0.25, 0.3) is 10.9 Å². The average Bonchev–Trinajstić information content (AvgIpc) is 2.96. The number of aliphatic hydroxyl groups excluding tert-OH is 1. The van der Waals surface area contributed by atoms with Crippen LogP contribution in [0.3, 0.4) is 0 Å². The van der Waals surface area contributed by atoms with Crippen LogP contribution in [-0.4, -0.2) is 47.9 Å².